The van der Waals surface area contributed by atoms with Crippen LogP contribution in [0.15, 0.2) is 60.7 Å². The molecule has 0 aliphatic heterocycles. The zero-order chi connectivity index (χ0) is 22.6. The van der Waals surface area contributed by atoms with Crippen LogP contribution in [0.5, 0.6) is 11.5 Å². The van der Waals surface area contributed by atoms with Crippen LogP contribution in [0.25, 0.3) is 10.8 Å². The van der Waals surface area contributed by atoms with Gasteiger partial charge in [-0.05, 0) is 87.9 Å². The molecule has 0 saturated carbocycles. The Balaban J connectivity index is 1.76. The van der Waals surface area contributed by atoms with E-state index in [0.717, 1.165) is 35.9 Å². The number of carbonyl (C=O) groups excluding carboxylic acids is 1. The number of ether oxygens (including phenoxy) is 1. The molecule has 1 unspecified atom stereocenters. The minimum Gasteiger partial charge on any atom is -0.457 e. The first kappa shape index (κ1) is 22.6. The summed E-state index contributed by atoms with van der Waals surface area (Å²) in [6.07, 6.45) is -3.55. The molecule has 0 aliphatic carbocycles. The number of halogens is 3. The highest BCUT2D eigenvalue weighted by Crippen LogP contribution is 2.33. The first-order valence-electron chi connectivity index (χ1n) is 9.97. The van der Waals surface area contributed by atoms with E-state index in [1.165, 1.54) is 12.1 Å². The molecule has 1 amide bonds. The van der Waals surface area contributed by atoms with Crippen molar-refractivity contribution in [2.75, 3.05) is 20.6 Å². The normalized spacial score (nSPS) is 12.7. The second-order valence-corrected chi connectivity index (χ2v) is 7.78. The average molecular weight is 430 g/mol. The maximum Gasteiger partial charge on any atom is 0.416 e. The molecular weight excluding hydrogens is 405 g/mol. The van der Waals surface area contributed by atoms with Crippen LogP contribution in [0.3, 0.4) is 0 Å². The van der Waals surface area contributed by atoms with Crippen molar-refractivity contribution in [3.05, 3.63) is 71.8 Å². The molecule has 0 heterocycles. The van der Waals surface area contributed by atoms with Crippen molar-refractivity contribution >= 4 is 16.7 Å². The molecule has 0 radical (unpaired) electrons. The fourth-order valence-electron chi connectivity index (χ4n) is 3.15. The van der Waals surface area contributed by atoms with Crippen LogP contribution in [0.2, 0.25) is 0 Å². The van der Waals surface area contributed by atoms with E-state index < -0.39 is 11.7 Å². The quantitative estimate of drug-likeness (QED) is 0.521. The number of carbonyl (C=O) groups is 1. The van der Waals surface area contributed by atoms with Crippen molar-refractivity contribution in [1.82, 2.24) is 10.2 Å². The lowest BCUT2D eigenvalue weighted by Gasteiger charge is -2.17. The largest absolute Gasteiger partial charge is 0.457 e. The highest BCUT2D eigenvalue weighted by molar-refractivity contribution is 6.00. The number of benzene rings is 3. The van der Waals surface area contributed by atoms with Gasteiger partial charge in [-0.1, -0.05) is 12.1 Å². The Bertz CT molecular complexity index is 1050. The minimum absolute atomic E-state index is 0.0416. The summed E-state index contributed by atoms with van der Waals surface area (Å²) in [6, 6.07) is 15.3. The van der Waals surface area contributed by atoms with Crippen LogP contribution in [0, 0.1) is 0 Å². The van der Waals surface area contributed by atoms with Crippen molar-refractivity contribution in [2.24, 2.45) is 0 Å². The molecule has 0 spiro atoms. The summed E-state index contributed by atoms with van der Waals surface area (Å²) in [4.78, 5) is 14.7. The highest BCUT2D eigenvalue weighted by Gasteiger charge is 2.30. The van der Waals surface area contributed by atoms with Crippen LogP contribution in [0.1, 0.15) is 29.3 Å². The van der Waals surface area contributed by atoms with Crippen molar-refractivity contribution in [2.45, 2.75) is 25.6 Å². The molecule has 0 saturated heterocycles. The monoisotopic (exact) mass is 430 g/mol. The number of nitrogens with one attached hydrogen (secondary N) is 1. The van der Waals surface area contributed by atoms with Gasteiger partial charge in [-0.3, -0.25) is 4.79 Å². The number of amides is 1. The Kier molecular flexibility index (Phi) is 6.85. The van der Waals surface area contributed by atoms with E-state index >= 15 is 0 Å². The molecule has 3 aromatic carbocycles. The standard InChI is InChI=1S/C24H25F3N2O2/c1-16(13-14-29(2)3)28-23(30)18-7-12-21-17(15-18)5-4-6-22(21)31-20-10-8-19(9-11-20)24(25,26)27/h4-12,15-16H,13-14H2,1-3H3,(H,28,30). The smallest absolute Gasteiger partial charge is 0.416 e. The van der Waals surface area contributed by atoms with Crippen molar-refractivity contribution < 1.29 is 22.7 Å². The number of rotatable bonds is 7. The van der Waals surface area contributed by atoms with E-state index in [1.807, 2.05) is 27.1 Å². The Morgan fingerprint density at radius 2 is 1.77 bits per heavy atom. The van der Waals surface area contributed by atoms with E-state index in [0.29, 0.717) is 17.1 Å². The average Bonchev–Trinajstić information content (AvgIpc) is 2.72. The summed E-state index contributed by atoms with van der Waals surface area (Å²) in [7, 11) is 3.98. The van der Waals surface area contributed by atoms with Crippen LogP contribution < -0.4 is 10.1 Å². The Labute approximate surface area is 179 Å². The highest BCUT2D eigenvalue weighted by atomic mass is 19.4. The van der Waals surface area contributed by atoms with Gasteiger partial charge in [-0.25, -0.2) is 0 Å². The fourth-order valence-corrected chi connectivity index (χ4v) is 3.15. The molecule has 31 heavy (non-hydrogen) atoms. The predicted octanol–water partition coefficient (Wildman–Crippen LogP) is 5.72. The summed E-state index contributed by atoms with van der Waals surface area (Å²) in [5.41, 5.74) is -0.191. The molecule has 7 heteroatoms. The van der Waals surface area contributed by atoms with E-state index in [4.69, 9.17) is 4.74 Å². The zero-order valence-electron chi connectivity index (χ0n) is 17.7. The van der Waals surface area contributed by atoms with Crippen molar-refractivity contribution in [1.29, 1.82) is 0 Å². The van der Waals surface area contributed by atoms with Crippen LogP contribution in [-0.4, -0.2) is 37.5 Å². The number of alkyl halides is 3. The van der Waals surface area contributed by atoms with Gasteiger partial charge in [0.05, 0.1) is 5.56 Å². The summed E-state index contributed by atoms with van der Waals surface area (Å²) >= 11 is 0. The second-order valence-electron chi connectivity index (χ2n) is 7.78. The van der Waals surface area contributed by atoms with Gasteiger partial charge in [0.25, 0.3) is 5.91 Å². The van der Waals surface area contributed by atoms with E-state index in [1.54, 1.807) is 30.3 Å². The number of hydrogen-bond acceptors (Lipinski definition) is 3. The summed E-state index contributed by atoms with van der Waals surface area (Å²) in [5.74, 6) is 0.655. The molecule has 4 nitrogen and oxygen atoms in total. The molecule has 0 fully saturated rings. The third-order valence-corrected chi connectivity index (χ3v) is 4.90. The van der Waals surface area contributed by atoms with Crippen LogP contribution >= 0.6 is 0 Å². The van der Waals surface area contributed by atoms with Gasteiger partial charge in [-0.2, -0.15) is 13.2 Å². The van der Waals surface area contributed by atoms with Crippen molar-refractivity contribution in [3.8, 4) is 11.5 Å². The molecule has 164 valence electrons. The zero-order valence-corrected chi connectivity index (χ0v) is 17.7. The number of hydrogen-bond donors (Lipinski definition) is 1. The lowest BCUT2D eigenvalue weighted by molar-refractivity contribution is -0.137. The molecule has 1 N–H and O–H groups in total. The predicted molar refractivity (Wildman–Crippen MR) is 116 cm³/mol. The maximum atomic E-state index is 12.7. The van der Waals surface area contributed by atoms with Gasteiger partial charge in [-0.15, -0.1) is 0 Å². The first-order chi connectivity index (χ1) is 14.6. The molecule has 3 rings (SSSR count). The maximum absolute atomic E-state index is 12.7. The first-order valence-corrected chi connectivity index (χ1v) is 9.97. The van der Waals surface area contributed by atoms with Gasteiger partial charge in [0.1, 0.15) is 11.5 Å². The third-order valence-electron chi connectivity index (χ3n) is 4.90. The topological polar surface area (TPSA) is 41.6 Å². The van der Waals surface area contributed by atoms with Gasteiger partial charge in [0.15, 0.2) is 0 Å². The number of nitrogens with zero attached hydrogens (tertiary/aromatic N) is 1. The van der Waals surface area contributed by atoms with Gasteiger partial charge < -0.3 is 15.0 Å². The summed E-state index contributed by atoms with van der Waals surface area (Å²) in [6.45, 7) is 2.85. The SMILES string of the molecule is CC(CCN(C)C)NC(=O)c1ccc2c(Oc3ccc(C(F)(F)F)cc3)cccc2c1. The van der Waals surface area contributed by atoms with Crippen LogP contribution in [-0.2, 0) is 6.18 Å². The number of fused-ring (bicyclic) bond motifs is 1. The summed E-state index contributed by atoms with van der Waals surface area (Å²) < 4.78 is 44.0. The third kappa shape index (κ3) is 5.98. The van der Waals surface area contributed by atoms with Gasteiger partial charge >= 0.3 is 6.18 Å². The Morgan fingerprint density at radius 3 is 2.42 bits per heavy atom. The lowest BCUT2D eigenvalue weighted by atomic mass is 10.1. The van der Waals surface area contributed by atoms with Gasteiger partial charge in [0, 0.05) is 17.0 Å². The molecule has 1 atom stereocenters. The van der Waals surface area contributed by atoms with Gasteiger partial charge in [0.2, 0.25) is 0 Å². The summed E-state index contributed by atoms with van der Waals surface area (Å²) in [5, 5.41) is 4.57. The van der Waals surface area contributed by atoms with E-state index in [2.05, 4.69) is 10.2 Å². The minimum atomic E-state index is -4.39. The van der Waals surface area contributed by atoms with Crippen LogP contribution in [0.4, 0.5) is 13.2 Å². The van der Waals surface area contributed by atoms with E-state index in [9.17, 15) is 18.0 Å². The Morgan fingerprint density at radius 1 is 1.06 bits per heavy atom. The Hall–Kier alpha value is -3.06. The molecular formula is C24H25F3N2O2. The van der Waals surface area contributed by atoms with E-state index in [-0.39, 0.29) is 11.9 Å². The lowest BCUT2D eigenvalue weighted by Crippen LogP contribution is -2.34. The molecule has 3 aromatic rings. The second kappa shape index (κ2) is 9.39. The molecule has 0 aliphatic rings. The fraction of sp³-hybridized carbons (Fsp3) is 0.292. The molecule has 0 bridgehead atoms. The van der Waals surface area contributed by atoms with Crippen molar-refractivity contribution in [3.63, 3.8) is 0 Å². The molecule has 0 aromatic heterocycles.